The van der Waals surface area contributed by atoms with Crippen LogP contribution in [-0.4, -0.2) is 41.8 Å². The van der Waals surface area contributed by atoms with E-state index >= 15 is 0 Å². The molecule has 116 valence electrons. The zero-order chi connectivity index (χ0) is 14.3. The number of ether oxygens (including phenoxy) is 1. The molecule has 5 nitrogen and oxygen atoms in total. The van der Waals surface area contributed by atoms with Crippen molar-refractivity contribution in [3.63, 3.8) is 0 Å². The molecule has 9 heteroatoms. The van der Waals surface area contributed by atoms with Crippen LogP contribution in [0.2, 0.25) is 5.02 Å². The van der Waals surface area contributed by atoms with Crippen molar-refractivity contribution in [2.75, 3.05) is 33.4 Å². The van der Waals surface area contributed by atoms with Gasteiger partial charge in [0, 0.05) is 31.8 Å². The maximum atomic E-state index is 13.5. The molecular weight excluding hydrogens is 330 g/mol. The number of halogens is 3. The predicted molar refractivity (Wildman–Crippen MR) is 78.6 cm³/mol. The Morgan fingerprint density at radius 2 is 2.00 bits per heavy atom. The minimum absolute atomic E-state index is 0. The van der Waals surface area contributed by atoms with Gasteiger partial charge in [-0.1, -0.05) is 11.6 Å². The van der Waals surface area contributed by atoms with Gasteiger partial charge in [-0.3, -0.25) is 0 Å². The Hall–Kier alpha value is -0.440. The summed E-state index contributed by atoms with van der Waals surface area (Å²) in [6.07, 6.45) is 0. The third kappa shape index (κ3) is 6.34. The molecule has 0 radical (unpaired) electrons. The molecule has 0 aliphatic rings. The molecule has 20 heavy (non-hydrogen) atoms. The lowest BCUT2D eigenvalue weighted by Gasteiger charge is -2.08. The van der Waals surface area contributed by atoms with Crippen LogP contribution in [0, 0.1) is 5.82 Å². The highest BCUT2D eigenvalue weighted by Crippen LogP contribution is 2.18. The summed E-state index contributed by atoms with van der Waals surface area (Å²) in [6, 6.07) is 3.43. The Kier molecular flexibility index (Phi) is 9.28. The normalized spacial score (nSPS) is 11.2. The molecule has 0 saturated heterocycles. The number of methoxy groups -OCH3 is 1. The van der Waals surface area contributed by atoms with Crippen LogP contribution in [0.1, 0.15) is 0 Å². The van der Waals surface area contributed by atoms with Crippen molar-refractivity contribution in [3.8, 4) is 0 Å². The van der Waals surface area contributed by atoms with E-state index in [9.17, 15) is 12.8 Å². The summed E-state index contributed by atoms with van der Waals surface area (Å²) in [6.45, 7) is 1.75. The zero-order valence-electron chi connectivity index (χ0n) is 10.9. The van der Waals surface area contributed by atoms with Crippen LogP contribution in [0.3, 0.4) is 0 Å². The highest BCUT2D eigenvalue weighted by atomic mass is 35.5. The van der Waals surface area contributed by atoms with E-state index in [-0.39, 0.29) is 24.0 Å². The summed E-state index contributed by atoms with van der Waals surface area (Å²) in [5.74, 6) is -0.868. The fourth-order valence-electron chi connectivity index (χ4n) is 1.34. The van der Waals surface area contributed by atoms with Crippen molar-refractivity contribution in [1.82, 2.24) is 10.0 Å². The van der Waals surface area contributed by atoms with Gasteiger partial charge in [0.25, 0.3) is 0 Å². The van der Waals surface area contributed by atoms with Crippen molar-refractivity contribution >= 4 is 34.0 Å². The van der Waals surface area contributed by atoms with Gasteiger partial charge in [0.2, 0.25) is 10.0 Å². The number of sulfonamides is 1. The van der Waals surface area contributed by atoms with Crippen molar-refractivity contribution in [2.45, 2.75) is 4.90 Å². The van der Waals surface area contributed by atoms with Gasteiger partial charge in [-0.15, -0.1) is 12.4 Å². The molecule has 0 bridgehead atoms. The minimum Gasteiger partial charge on any atom is -0.383 e. The largest absolute Gasteiger partial charge is 0.383 e. The topological polar surface area (TPSA) is 67.4 Å². The van der Waals surface area contributed by atoms with E-state index < -0.39 is 20.7 Å². The Morgan fingerprint density at radius 1 is 1.30 bits per heavy atom. The molecule has 0 saturated carbocycles. The highest BCUT2D eigenvalue weighted by molar-refractivity contribution is 7.89. The monoisotopic (exact) mass is 346 g/mol. The lowest BCUT2D eigenvalue weighted by atomic mass is 10.3. The molecule has 0 aliphatic heterocycles. The van der Waals surface area contributed by atoms with E-state index in [1.165, 1.54) is 6.07 Å². The van der Waals surface area contributed by atoms with E-state index in [2.05, 4.69) is 10.0 Å². The first-order chi connectivity index (χ1) is 8.97. The Morgan fingerprint density at radius 3 is 2.60 bits per heavy atom. The quantitative estimate of drug-likeness (QED) is 0.698. The van der Waals surface area contributed by atoms with Crippen molar-refractivity contribution in [3.05, 3.63) is 29.0 Å². The molecular formula is C11H17Cl2FN2O3S. The average molecular weight is 347 g/mol. The molecule has 0 atom stereocenters. The Balaban J connectivity index is 0.00000361. The highest BCUT2D eigenvalue weighted by Gasteiger charge is 2.18. The van der Waals surface area contributed by atoms with Gasteiger partial charge in [-0.2, -0.15) is 0 Å². The van der Waals surface area contributed by atoms with E-state index in [1.54, 1.807) is 7.11 Å². The summed E-state index contributed by atoms with van der Waals surface area (Å²) < 4.78 is 44.2. The van der Waals surface area contributed by atoms with Gasteiger partial charge < -0.3 is 10.1 Å². The minimum atomic E-state index is -3.86. The van der Waals surface area contributed by atoms with E-state index in [1.807, 2.05) is 0 Å². The SMILES string of the molecule is COCCNCCNS(=O)(=O)c1ccc(Cl)cc1F.Cl. The fourth-order valence-corrected chi connectivity index (χ4v) is 2.59. The second-order valence-corrected chi connectivity index (χ2v) is 5.89. The standard InChI is InChI=1S/C11H16ClFN2O3S.ClH/c1-18-7-6-14-4-5-15-19(16,17)11-3-2-9(12)8-10(11)13;/h2-3,8,14-15H,4-7H2,1H3;1H. The Bertz CT molecular complexity index is 514. The van der Waals surface area contributed by atoms with Gasteiger partial charge in [0.1, 0.15) is 10.7 Å². The van der Waals surface area contributed by atoms with Gasteiger partial charge in [0.15, 0.2) is 0 Å². The van der Waals surface area contributed by atoms with Crippen molar-refractivity contribution < 1.29 is 17.5 Å². The molecule has 0 unspecified atom stereocenters. The number of benzene rings is 1. The zero-order valence-corrected chi connectivity index (χ0v) is 13.2. The number of hydrogen-bond acceptors (Lipinski definition) is 4. The second kappa shape index (κ2) is 9.49. The molecule has 0 aliphatic carbocycles. The van der Waals surface area contributed by atoms with Crippen LogP contribution in [0.25, 0.3) is 0 Å². The summed E-state index contributed by atoms with van der Waals surface area (Å²) in [7, 11) is -2.28. The molecule has 0 heterocycles. The lowest BCUT2D eigenvalue weighted by molar-refractivity contribution is 0.199. The van der Waals surface area contributed by atoms with Gasteiger partial charge in [-0.25, -0.2) is 17.5 Å². The molecule has 1 rings (SSSR count). The van der Waals surface area contributed by atoms with Gasteiger partial charge >= 0.3 is 0 Å². The lowest BCUT2D eigenvalue weighted by Crippen LogP contribution is -2.33. The van der Waals surface area contributed by atoms with E-state index in [0.717, 1.165) is 12.1 Å². The van der Waals surface area contributed by atoms with Crippen LogP contribution < -0.4 is 10.0 Å². The summed E-state index contributed by atoms with van der Waals surface area (Å²) in [4.78, 5) is -0.409. The van der Waals surface area contributed by atoms with Crippen molar-refractivity contribution in [1.29, 1.82) is 0 Å². The molecule has 0 fully saturated rings. The first kappa shape index (κ1) is 19.6. The van der Waals surface area contributed by atoms with Crippen molar-refractivity contribution in [2.24, 2.45) is 0 Å². The maximum absolute atomic E-state index is 13.5. The van der Waals surface area contributed by atoms with Crippen LogP contribution >= 0.6 is 24.0 Å². The first-order valence-electron chi connectivity index (χ1n) is 5.62. The van der Waals surface area contributed by atoms with Crippen LogP contribution in [0.15, 0.2) is 23.1 Å². The molecule has 1 aromatic carbocycles. The maximum Gasteiger partial charge on any atom is 0.243 e. The number of nitrogens with one attached hydrogen (secondary N) is 2. The average Bonchev–Trinajstić information content (AvgIpc) is 2.33. The molecule has 2 N–H and O–H groups in total. The summed E-state index contributed by atoms with van der Waals surface area (Å²) in [5, 5.41) is 3.12. The molecule has 1 aromatic rings. The van der Waals surface area contributed by atoms with Gasteiger partial charge in [-0.05, 0) is 18.2 Å². The summed E-state index contributed by atoms with van der Waals surface area (Å²) >= 11 is 5.57. The number of rotatable bonds is 8. The number of hydrogen-bond donors (Lipinski definition) is 2. The molecule has 0 spiro atoms. The third-order valence-electron chi connectivity index (χ3n) is 2.26. The van der Waals surface area contributed by atoms with E-state index in [0.29, 0.717) is 19.7 Å². The fraction of sp³-hybridized carbons (Fsp3) is 0.455. The van der Waals surface area contributed by atoms with Gasteiger partial charge in [0.05, 0.1) is 6.61 Å². The molecule has 0 aromatic heterocycles. The molecule has 0 amide bonds. The second-order valence-electron chi connectivity index (χ2n) is 3.72. The summed E-state index contributed by atoms with van der Waals surface area (Å²) in [5.41, 5.74) is 0. The Labute approximate surface area is 129 Å². The first-order valence-corrected chi connectivity index (χ1v) is 7.48. The van der Waals surface area contributed by atoms with Crippen LogP contribution in [0.5, 0.6) is 0 Å². The smallest absolute Gasteiger partial charge is 0.243 e. The van der Waals surface area contributed by atoms with Crippen LogP contribution in [0.4, 0.5) is 4.39 Å². The van der Waals surface area contributed by atoms with E-state index in [4.69, 9.17) is 16.3 Å². The van der Waals surface area contributed by atoms with Crippen LogP contribution in [-0.2, 0) is 14.8 Å². The third-order valence-corrected chi connectivity index (χ3v) is 3.99. The predicted octanol–water partition coefficient (Wildman–Crippen LogP) is 1.42.